The molecule has 1 unspecified atom stereocenters. The van der Waals surface area contributed by atoms with Gasteiger partial charge < -0.3 is 4.90 Å². The Balaban J connectivity index is 1.86. The molecule has 20 heavy (non-hydrogen) atoms. The largest absolute Gasteiger partial charge is 0.339 e. The Kier molecular flexibility index (Phi) is 3.66. The van der Waals surface area contributed by atoms with Gasteiger partial charge in [0.15, 0.2) is 0 Å². The first-order valence-electron chi connectivity index (χ1n) is 6.97. The molecule has 1 aliphatic heterocycles. The Morgan fingerprint density at radius 2 is 2.10 bits per heavy atom. The number of benzene rings is 1. The molecule has 0 spiro atoms. The number of amides is 1. The monoisotopic (exact) mass is 286 g/mol. The van der Waals surface area contributed by atoms with E-state index in [4.69, 9.17) is 0 Å². The van der Waals surface area contributed by atoms with Gasteiger partial charge in [0.05, 0.1) is 10.8 Å². The number of carbonyl (C=O) groups is 1. The van der Waals surface area contributed by atoms with E-state index in [1.807, 2.05) is 35.4 Å². The van der Waals surface area contributed by atoms with E-state index >= 15 is 0 Å². The third-order valence-corrected chi connectivity index (χ3v) is 5.02. The lowest BCUT2D eigenvalue weighted by Crippen LogP contribution is -2.34. The van der Waals surface area contributed by atoms with Gasteiger partial charge in [0.1, 0.15) is 0 Å². The second-order valence-corrected chi connectivity index (χ2v) is 6.59. The maximum atomic E-state index is 12.4. The summed E-state index contributed by atoms with van der Waals surface area (Å²) in [5.41, 5.74) is 0.990. The molecule has 1 aromatic heterocycles. The second-order valence-electron chi connectivity index (χ2n) is 5.35. The Bertz CT molecular complexity index is 636. The number of thioether (sulfide) groups is 1. The summed E-state index contributed by atoms with van der Waals surface area (Å²) in [6.45, 7) is 5.02. The highest BCUT2D eigenvalue weighted by atomic mass is 32.2. The molecule has 0 aliphatic carbocycles. The maximum Gasteiger partial charge on any atom is 0.236 e. The summed E-state index contributed by atoms with van der Waals surface area (Å²) in [5, 5.41) is 1.18. The summed E-state index contributed by atoms with van der Waals surface area (Å²) in [7, 11) is 0. The first-order chi connectivity index (χ1) is 9.66. The van der Waals surface area contributed by atoms with Crippen LogP contribution < -0.4 is 0 Å². The van der Waals surface area contributed by atoms with Crippen LogP contribution in [0.25, 0.3) is 10.9 Å². The van der Waals surface area contributed by atoms with Crippen LogP contribution in [0.15, 0.2) is 41.4 Å². The minimum absolute atomic E-state index is 0.0446. The Morgan fingerprint density at radius 3 is 2.85 bits per heavy atom. The van der Waals surface area contributed by atoms with Crippen LogP contribution in [0.1, 0.15) is 20.3 Å². The third-order valence-electron chi connectivity index (χ3n) is 3.69. The van der Waals surface area contributed by atoms with Gasteiger partial charge in [0, 0.05) is 29.1 Å². The molecule has 0 bridgehead atoms. The Hall–Kier alpha value is -1.55. The highest BCUT2D eigenvalue weighted by Crippen LogP contribution is 2.34. The number of fused-ring (bicyclic) bond motifs is 1. The number of hydrogen-bond donors (Lipinski definition) is 0. The topological polar surface area (TPSA) is 33.2 Å². The average molecular weight is 286 g/mol. The van der Waals surface area contributed by atoms with Crippen LogP contribution >= 0.6 is 11.8 Å². The number of rotatable bonds is 3. The number of likely N-dealkylation sites (tertiary alicyclic amines) is 1. The van der Waals surface area contributed by atoms with Gasteiger partial charge in [-0.15, -0.1) is 11.8 Å². The second kappa shape index (κ2) is 5.44. The van der Waals surface area contributed by atoms with Crippen LogP contribution in [0.3, 0.4) is 0 Å². The van der Waals surface area contributed by atoms with E-state index in [1.165, 1.54) is 0 Å². The molecule has 1 aliphatic rings. The normalized spacial score (nSPS) is 19.2. The number of nitrogens with zero attached hydrogens (tertiary/aromatic N) is 2. The fourth-order valence-corrected chi connectivity index (χ4v) is 3.83. The quantitative estimate of drug-likeness (QED) is 0.867. The van der Waals surface area contributed by atoms with Crippen LogP contribution in [0, 0.1) is 0 Å². The van der Waals surface area contributed by atoms with Crippen molar-refractivity contribution in [3.8, 4) is 0 Å². The summed E-state index contributed by atoms with van der Waals surface area (Å²) in [4.78, 5) is 19.9. The molecule has 4 heteroatoms. The van der Waals surface area contributed by atoms with Gasteiger partial charge in [0.2, 0.25) is 5.91 Å². The van der Waals surface area contributed by atoms with Crippen molar-refractivity contribution in [1.29, 1.82) is 0 Å². The summed E-state index contributed by atoms with van der Waals surface area (Å²) in [6, 6.07) is 10.4. The molecule has 3 rings (SSSR count). The SMILES string of the molecule is CC(C)N1CCC(Sc2ccnc3ccccc23)C1=O. The lowest BCUT2D eigenvalue weighted by atomic mass is 10.2. The zero-order valence-electron chi connectivity index (χ0n) is 11.7. The molecule has 1 saturated heterocycles. The van der Waals surface area contributed by atoms with Crippen molar-refractivity contribution in [3.63, 3.8) is 0 Å². The fourth-order valence-electron chi connectivity index (χ4n) is 2.62. The molecule has 1 atom stereocenters. The highest BCUT2D eigenvalue weighted by Gasteiger charge is 2.33. The van der Waals surface area contributed by atoms with Gasteiger partial charge in [-0.1, -0.05) is 18.2 Å². The van der Waals surface area contributed by atoms with Crippen LogP contribution in [-0.2, 0) is 4.79 Å². The molecule has 104 valence electrons. The smallest absolute Gasteiger partial charge is 0.236 e. The van der Waals surface area contributed by atoms with Gasteiger partial charge in [-0.3, -0.25) is 9.78 Å². The molecule has 1 fully saturated rings. The molecule has 3 nitrogen and oxygen atoms in total. The Morgan fingerprint density at radius 1 is 1.30 bits per heavy atom. The van der Waals surface area contributed by atoms with E-state index < -0.39 is 0 Å². The first-order valence-corrected chi connectivity index (χ1v) is 7.85. The van der Waals surface area contributed by atoms with Crippen molar-refractivity contribution in [2.75, 3.05) is 6.54 Å². The van der Waals surface area contributed by atoms with Gasteiger partial charge >= 0.3 is 0 Å². The lowest BCUT2D eigenvalue weighted by molar-refractivity contribution is -0.128. The van der Waals surface area contributed by atoms with Crippen LogP contribution in [-0.4, -0.2) is 33.6 Å². The van der Waals surface area contributed by atoms with E-state index in [2.05, 4.69) is 24.9 Å². The molecule has 1 aromatic carbocycles. The van der Waals surface area contributed by atoms with Crippen LogP contribution in [0.2, 0.25) is 0 Å². The number of aromatic nitrogens is 1. The number of para-hydroxylation sites is 1. The molecule has 1 amide bonds. The van der Waals surface area contributed by atoms with Crippen LogP contribution in [0.5, 0.6) is 0 Å². The lowest BCUT2D eigenvalue weighted by Gasteiger charge is -2.20. The highest BCUT2D eigenvalue weighted by molar-refractivity contribution is 8.00. The summed E-state index contributed by atoms with van der Waals surface area (Å²) in [6.07, 6.45) is 2.75. The molecular formula is C16H18N2OS. The molecular weight excluding hydrogens is 268 g/mol. The predicted molar refractivity (Wildman–Crippen MR) is 82.9 cm³/mol. The summed E-state index contributed by atoms with van der Waals surface area (Å²) < 4.78 is 0. The van der Waals surface area contributed by atoms with Crippen molar-refractivity contribution >= 4 is 28.6 Å². The number of pyridine rings is 1. The van der Waals surface area contributed by atoms with Crippen molar-refractivity contribution < 1.29 is 4.79 Å². The molecule has 0 saturated carbocycles. The number of hydrogen-bond acceptors (Lipinski definition) is 3. The van der Waals surface area contributed by atoms with E-state index in [9.17, 15) is 4.79 Å². The van der Waals surface area contributed by atoms with Crippen molar-refractivity contribution in [2.45, 2.75) is 36.5 Å². The van der Waals surface area contributed by atoms with E-state index in [0.29, 0.717) is 6.04 Å². The van der Waals surface area contributed by atoms with E-state index in [-0.39, 0.29) is 11.2 Å². The Labute approximate surface area is 123 Å². The zero-order chi connectivity index (χ0) is 14.1. The van der Waals surface area contributed by atoms with E-state index in [1.54, 1.807) is 11.8 Å². The standard InChI is InChI=1S/C16H18N2OS/c1-11(2)18-10-8-15(16(18)19)20-14-7-9-17-13-6-4-3-5-12(13)14/h3-7,9,11,15H,8,10H2,1-2H3. The molecule has 0 radical (unpaired) electrons. The predicted octanol–water partition coefficient (Wildman–Crippen LogP) is 3.34. The van der Waals surface area contributed by atoms with Crippen molar-refractivity contribution in [2.24, 2.45) is 0 Å². The van der Waals surface area contributed by atoms with Gasteiger partial charge in [-0.2, -0.15) is 0 Å². The molecule has 2 heterocycles. The zero-order valence-corrected chi connectivity index (χ0v) is 12.6. The molecule has 2 aromatic rings. The van der Waals surface area contributed by atoms with Crippen LogP contribution in [0.4, 0.5) is 0 Å². The minimum atomic E-state index is 0.0446. The fraction of sp³-hybridized carbons (Fsp3) is 0.375. The third kappa shape index (κ3) is 2.40. The van der Waals surface area contributed by atoms with Gasteiger partial charge in [-0.25, -0.2) is 0 Å². The van der Waals surface area contributed by atoms with Gasteiger partial charge in [-0.05, 0) is 32.4 Å². The maximum absolute atomic E-state index is 12.4. The first kappa shape index (κ1) is 13.4. The minimum Gasteiger partial charge on any atom is -0.339 e. The molecule has 0 N–H and O–H groups in total. The summed E-state index contributed by atoms with van der Waals surface area (Å²) in [5.74, 6) is 0.269. The van der Waals surface area contributed by atoms with E-state index in [0.717, 1.165) is 28.8 Å². The number of carbonyl (C=O) groups excluding carboxylic acids is 1. The average Bonchev–Trinajstić information content (AvgIpc) is 2.81. The summed E-state index contributed by atoms with van der Waals surface area (Å²) >= 11 is 1.68. The van der Waals surface area contributed by atoms with Crippen molar-refractivity contribution in [3.05, 3.63) is 36.5 Å². The van der Waals surface area contributed by atoms with Gasteiger partial charge in [0.25, 0.3) is 0 Å². The van der Waals surface area contributed by atoms with Crippen molar-refractivity contribution in [1.82, 2.24) is 9.88 Å².